The van der Waals surface area contributed by atoms with Gasteiger partial charge in [-0.25, -0.2) is 0 Å². The van der Waals surface area contributed by atoms with Crippen molar-refractivity contribution in [3.05, 3.63) is 35.4 Å². The van der Waals surface area contributed by atoms with Crippen LogP contribution in [0, 0.1) is 0 Å². The van der Waals surface area contributed by atoms with Crippen LogP contribution in [0.5, 0.6) is 0 Å². The fourth-order valence-electron chi connectivity index (χ4n) is 2.69. The molecule has 1 aliphatic heterocycles. The van der Waals surface area contributed by atoms with Gasteiger partial charge in [-0.05, 0) is 30.3 Å². The Balaban J connectivity index is 2.13. The molecule has 1 heterocycles. The van der Waals surface area contributed by atoms with Gasteiger partial charge in [0.2, 0.25) is 0 Å². The number of methoxy groups -OCH3 is 1. The lowest BCUT2D eigenvalue weighted by molar-refractivity contribution is 0.182. The number of benzene rings is 1. The third-order valence-electron chi connectivity index (χ3n) is 3.84. The van der Waals surface area contributed by atoms with Crippen LogP contribution in [-0.2, 0) is 11.3 Å². The fraction of sp³-hybridized carbons (Fsp3) is 0.600. The zero-order valence-electron chi connectivity index (χ0n) is 11.8. The number of nitrogens with two attached hydrogens (primary N) is 1. The molecule has 2 unspecified atom stereocenters. The first-order valence-electron chi connectivity index (χ1n) is 6.83. The molecule has 1 saturated heterocycles. The van der Waals surface area contributed by atoms with Crippen LogP contribution < -0.4 is 5.73 Å². The number of hydrogen-bond donors (Lipinski definition) is 1. The largest absolute Gasteiger partial charge is 0.380 e. The molecule has 2 rings (SSSR count). The predicted octanol–water partition coefficient (Wildman–Crippen LogP) is 2.27. The van der Waals surface area contributed by atoms with Crippen molar-refractivity contribution in [2.24, 2.45) is 5.73 Å². The van der Waals surface area contributed by atoms with Crippen molar-refractivity contribution in [1.82, 2.24) is 4.90 Å². The Bertz CT molecular complexity index is 393. The molecule has 0 spiro atoms. The summed E-state index contributed by atoms with van der Waals surface area (Å²) < 4.78 is 5.21. The summed E-state index contributed by atoms with van der Waals surface area (Å²) in [5.41, 5.74) is 8.54. The maximum Gasteiger partial charge on any atom is 0.0713 e. The van der Waals surface area contributed by atoms with E-state index < -0.39 is 0 Å². The molecule has 0 bridgehead atoms. The molecule has 1 aromatic carbocycles. The molecule has 0 saturated carbocycles. The molecule has 0 aromatic heterocycles. The van der Waals surface area contributed by atoms with Crippen LogP contribution in [0.4, 0.5) is 0 Å². The SMILES string of the molecule is COCc1cccc(C(CN)N(C)C2CCSC2)c1. The highest BCUT2D eigenvalue weighted by Crippen LogP contribution is 2.28. The number of nitrogens with zero attached hydrogens (tertiary/aromatic N) is 1. The fourth-order valence-corrected chi connectivity index (χ4v) is 3.97. The number of rotatable bonds is 6. The molecule has 0 amide bonds. The van der Waals surface area contributed by atoms with Gasteiger partial charge < -0.3 is 10.5 Å². The molecule has 3 nitrogen and oxygen atoms in total. The average Bonchev–Trinajstić information content (AvgIpc) is 2.94. The summed E-state index contributed by atoms with van der Waals surface area (Å²) >= 11 is 2.04. The Morgan fingerprint density at radius 1 is 1.53 bits per heavy atom. The highest BCUT2D eigenvalue weighted by atomic mass is 32.2. The van der Waals surface area contributed by atoms with Gasteiger partial charge in [-0.15, -0.1) is 0 Å². The first-order valence-corrected chi connectivity index (χ1v) is 7.99. The van der Waals surface area contributed by atoms with Crippen LogP contribution in [0.15, 0.2) is 24.3 Å². The van der Waals surface area contributed by atoms with E-state index in [2.05, 4.69) is 36.2 Å². The Hall–Kier alpha value is -0.550. The van der Waals surface area contributed by atoms with Crippen molar-refractivity contribution < 1.29 is 4.74 Å². The standard InChI is InChI=1S/C15H24N2OS/c1-17(14-6-7-19-11-14)15(9-16)13-5-3-4-12(8-13)10-18-2/h3-5,8,14-15H,6-7,9-11,16H2,1-2H3. The lowest BCUT2D eigenvalue weighted by Gasteiger charge is -2.32. The van der Waals surface area contributed by atoms with Crippen molar-refractivity contribution in [1.29, 1.82) is 0 Å². The molecular weight excluding hydrogens is 256 g/mol. The van der Waals surface area contributed by atoms with Crippen LogP contribution in [-0.4, -0.2) is 43.1 Å². The first kappa shape index (κ1) is 14.9. The third-order valence-corrected chi connectivity index (χ3v) is 4.99. The van der Waals surface area contributed by atoms with Crippen LogP contribution >= 0.6 is 11.8 Å². The summed E-state index contributed by atoms with van der Waals surface area (Å²) in [5.74, 6) is 2.50. The minimum absolute atomic E-state index is 0.306. The van der Waals surface area contributed by atoms with Crippen LogP contribution in [0.3, 0.4) is 0 Å². The van der Waals surface area contributed by atoms with Crippen molar-refractivity contribution in [2.75, 3.05) is 32.2 Å². The molecule has 2 atom stereocenters. The lowest BCUT2D eigenvalue weighted by Crippen LogP contribution is -2.38. The Morgan fingerprint density at radius 3 is 3.00 bits per heavy atom. The minimum atomic E-state index is 0.306. The lowest BCUT2D eigenvalue weighted by atomic mass is 10.0. The highest BCUT2D eigenvalue weighted by Gasteiger charge is 2.26. The second-order valence-electron chi connectivity index (χ2n) is 5.11. The second kappa shape index (κ2) is 7.29. The maximum absolute atomic E-state index is 6.02. The molecule has 0 aliphatic carbocycles. The van der Waals surface area contributed by atoms with Gasteiger partial charge >= 0.3 is 0 Å². The molecule has 19 heavy (non-hydrogen) atoms. The topological polar surface area (TPSA) is 38.5 Å². The van der Waals surface area contributed by atoms with E-state index in [4.69, 9.17) is 10.5 Å². The monoisotopic (exact) mass is 280 g/mol. The smallest absolute Gasteiger partial charge is 0.0713 e. The van der Waals surface area contributed by atoms with E-state index in [1.165, 1.54) is 29.1 Å². The molecule has 4 heteroatoms. The summed E-state index contributed by atoms with van der Waals surface area (Å²) in [6.45, 7) is 1.32. The molecule has 2 N–H and O–H groups in total. The number of likely N-dealkylation sites (N-methyl/N-ethyl adjacent to an activating group) is 1. The van der Waals surface area contributed by atoms with Crippen LogP contribution in [0.1, 0.15) is 23.6 Å². The summed E-state index contributed by atoms with van der Waals surface area (Å²) in [6, 6.07) is 9.56. The normalized spacial score (nSPS) is 20.9. The van der Waals surface area contributed by atoms with Gasteiger partial charge in [-0.3, -0.25) is 4.90 Å². The Labute approximate surface area is 120 Å². The van der Waals surface area contributed by atoms with Gasteiger partial charge in [0.05, 0.1) is 6.61 Å². The first-order chi connectivity index (χ1) is 9.26. The van der Waals surface area contributed by atoms with E-state index in [9.17, 15) is 0 Å². The number of thioether (sulfide) groups is 1. The predicted molar refractivity (Wildman–Crippen MR) is 82.4 cm³/mol. The van der Waals surface area contributed by atoms with Gasteiger partial charge in [0.1, 0.15) is 0 Å². The summed E-state index contributed by atoms with van der Waals surface area (Å²) in [4.78, 5) is 2.45. The average molecular weight is 280 g/mol. The summed E-state index contributed by atoms with van der Waals surface area (Å²) in [6.07, 6.45) is 1.27. The van der Waals surface area contributed by atoms with E-state index >= 15 is 0 Å². The van der Waals surface area contributed by atoms with Crippen molar-refractivity contribution in [3.63, 3.8) is 0 Å². The van der Waals surface area contributed by atoms with Gasteiger partial charge in [-0.1, -0.05) is 24.3 Å². The van der Waals surface area contributed by atoms with Gasteiger partial charge in [-0.2, -0.15) is 11.8 Å². The van der Waals surface area contributed by atoms with Crippen molar-refractivity contribution in [2.45, 2.75) is 25.1 Å². The van der Waals surface area contributed by atoms with E-state index in [0.29, 0.717) is 25.2 Å². The molecule has 106 valence electrons. The van der Waals surface area contributed by atoms with E-state index in [0.717, 1.165) is 0 Å². The van der Waals surface area contributed by atoms with Gasteiger partial charge in [0.25, 0.3) is 0 Å². The van der Waals surface area contributed by atoms with Crippen LogP contribution in [0.25, 0.3) is 0 Å². The number of hydrogen-bond acceptors (Lipinski definition) is 4. The van der Waals surface area contributed by atoms with Gasteiger partial charge in [0.15, 0.2) is 0 Å². The molecule has 1 aromatic rings. The van der Waals surface area contributed by atoms with Crippen LogP contribution in [0.2, 0.25) is 0 Å². The second-order valence-corrected chi connectivity index (χ2v) is 6.26. The summed E-state index contributed by atoms with van der Waals surface area (Å²) in [5, 5.41) is 0. The molecule has 0 radical (unpaired) electrons. The van der Waals surface area contributed by atoms with Crippen molar-refractivity contribution in [3.8, 4) is 0 Å². The molecule has 1 aliphatic rings. The Kier molecular flexibility index (Phi) is 5.70. The quantitative estimate of drug-likeness (QED) is 0.867. The van der Waals surface area contributed by atoms with E-state index in [-0.39, 0.29) is 0 Å². The third kappa shape index (κ3) is 3.72. The Morgan fingerprint density at radius 2 is 2.37 bits per heavy atom. The molecular formula is C15H24N2OS. The van der Waals surface area contributed by atoms with Crippen molar-refractivity contribution >= 4 is 11.8 Å². The highest BCUT2D eigenvalue weighted by molar-refractivity contribution is 7.99. The minimum Gasteiger partial charge on any atom is -0.380 e. The van der Waals surface area contributed by atoms with E-state index in [1.54, 1.807) is 7.11 Å². The number of ether oxygens (including phenoxy) is 1. The van der Waals surface area contributed by atoms with E-state index in [1.807, 2.05) is 11.8 Å². The zero-order chi connectivity index (χ0) is 13.7. The molecule has 1 fully saturated rings. The van der Waals surface area contributed by atoms with Gasteiger partial charge in [0, 0.05) is 31.5 Å². The summed E-state index contributed by atoms with van der Waals surface area (Å²) in [7, 11) is 3.94. The zero-order valence-corrected chi connectivity index (χ0v) is 12.7. The maximum atomic E-state index is 6.02.